The van der Waals surface area contributed by atoms with Crippen LogP contribution in [-0.4, -0.2) is 84.4 Å². The summed E-state index contributed by atoms with van der Waals surface area (Å²) in [5, 5.41) is 5.70. The molecule has 2 saturated heterocycles. The summed E-state index contributed by atoms with van der Waals surface area (Å²) in [6, 6.07) is 0. The van der Waals surface area contributed by atoms with Crippen LogP contribution in [0.25, 0.3) is 0 Å². The molecule has 140 valence electrons. The average molecular weight is 369 g/mol. The summed E-state index contributed by atoms with van der Waals surface area (Å²) in [5.41, 5.74) is 0.459. The van der Waals surface area contributed by atoms with E-state index in [2.05, 4.69) is 14.5 Å². The zero-order valence-electron chi connectivity index (χ0n) is 14.9. The van der Waals surface area contributed by atoms with Gasteiger partial charge in [-0.05, 0) is 56.2 Å². The summed E-state index contributed by atoms with van der Waals surface area (Å²) < 4.78 is 14.8. The van der Waals surface area contributed by atoms with Crippen molar-refractivity contribution >= 4 is 17.4 Å². The fourth-order valence-corrected chi connectivity index (χ4v) is 4.05. The minimum absolute atomic E-state index is 0.00828. The van der Waals surface area contributed by atoms with Crippen molar-refractivity contribution in [2.75, 3.05) is 53.0 Å². The molecule has 8 heteroatoms. The topological polar surface area (TPSA) is 67.8 Å². The second-order valence-electron chi connectivity index (χ2n) is 6.91. The Morgan fingerprint density at radius 2 is 2.24 bits per heavy atom. The van der Waals surface area contributed by atoms with Crippen LogP contribution < -0.4 is 0 Å². The van der Waals surface area contributed by atoms with Crippen LogP contribution in [0.4, 0.5) is 0 Å². The van der Waals surface area contributed by atoms with Crippen LogP contribution >= 0.6 is 11.5 Å². The SMILES string of the molecule is COCCN1CCC(CN(CC2CCCO2)C(=O)c2csnn2)CC1. The second-order valence-corrected chi connectivity index (χ2v) is 7.52. The molecule has 0 aromatic carbocycles. The van der Waals surface area contributed by atoms with Gasteiger partial charge in [0.2, 0.25) is 0 Å². The van der Waals surface area contributed by atoms with E-state index in [0.717, 1.165) is 65.1 Å². The molecular weight excluding hydrogens is 340 g/mol. The third-order valence-corrected chi connectivity index (χ3v) is 5.62. The molecule has 1 amide bonds. The Morgan fingerprint density at radius 3 is 2.88 bits per heavy atom. The number of rotatable bonds is 8. The Morgan fingerprint density at radius 1 is 1.40 bits per heavy atom. The van der Waals surface area contributed by atoms with Crippen LogP contribution in [0, 0.1) is 5.92 Å². The van der Waals surface area contributed by atoms with Crippen molar-refractivity contribution in [1.29, 1.82) is 0 Å². The lowest BCUT2D eigenvalue weighted by molar-refractivity contribution is 0.0433. The van der Waals surface area contributed by atoms with E-state index in [-0.39, 0.29) is 12.0 Å². The van der Waals surface area contributed by atoms with Crippen molar-refractivity contribution in [2.45, 2.75) is 31.8 Å². The fourth-order valence-electron chi connectivity index (χ4n) is 3.62. The average Bonchev–Trinajstić information content (AvgIpc) is 3.34. The third-order valence-electron chi connectivity index (χ3n) is 5.11. The lowest BCUT2D eigenvalue weighted by Gasteiger charge is -2.35. The zero-order valence-corrected chi connectivity index (χ0v) is 15.7. The van der Waals surface area contributed by atoms with Gasteiger partial charge in [-0.2, -0.15) is 0 Å². The van der Waals surface area contributed by atoms with Gasteiger partial charge >= 0.3 is 0 Å². The van der Waals surface area contributed by atoms with Gasteiger partial charge in [-0.3, -0.25) is 4.79 Å². The molecule has 1 atom stereocenters. The molecule has 2 aliphatic rings. The minimum atomic E-state index is -0.00828. The highest BCUT2D eigenvalue weighted by molar-refractivity contribution is 7.03. The van der Waals surface area contributed by atoms with E-state index < -0.39 is 0 Å². The van der Waals surface area contributed by atoms with Crippen LogP contribution in [-0.2, 0) is 9.47 Å². The highest BCUT2D eigenvalue weighted by atomic mass is 32.1. The van der Waals surface area contributed by atoms with Crippen LogP contribution in [0.15, 0.2) is 5.38 Å². The maximum Gasteiger partial charge on any atom is 0.275 e. The first-order valence-corrected chi connectivity index (χ1v) is 9.99. The van der Waals surface area contributed by atoms with Gasteiger partial charge in [0.25, 0.3) is 5.91 Å². The Balaban J connectivity index is 1.55. The van der Waals surface area contributed by atoms with Crippen molar-refractivity contribution in [3.8, 4) is 0 Å². The van der Waals surface area contributed by atoms with Crippen molar-refractivity contribution in [3.05, 3.63) is 11.1 Å². The van der Waals surface area contributed by atoms with Crippen molar-refractivity contribution in [1.82, 2.24) is 19.4 Å². The summed E-state index contributed by atoms with van der Waals surface area (Å²) >= 11 is 1.22. The lowest BCUT2D eigenvalue weighted by Crippen LogP contribution is -2.44. The first-order chi connectivity index (χ1) is 12.3. The largest absolute Gasteiger partial charge is 0.383 e. The quantitative estimate of drug-likeness (QED) is 0.693. The van der Waals surface area contributed by atoms with E-state index >= 15 is 0 Å². The molecule has 25 heavy (non-hydrogen) atoms. The summed E-state index contributed by atoms with van der Waals surface area (Å²) in [6.45, 7) is 6.19. The Bertz CT molecular complexity index is 514. The predicted molar refractivity (Wildman–Crippen MR) is 95.8 cm³/mol. The second kappa shape index (κ2) is 9.56. The number of nitrogens with zero attached hydrogens (tertiary/aromatic N) is 4. The number of methoxy groups -OCH3 is 1. The number of hydrogen-bond donors (Lipinski definition) is 0. The Labute approximate surface area is 153 Å². The maximum atomic E-state index is 12.8. The normalized spacial score (nSPS) is 22.4. The minimum Gasteiger partial charge on any atom is -0.383 e. The Hall–Kier alpha value is -1.09. The molecular formula is C17H28N4O3S. The van der Waals surface area contributed by atoms with E-state index in [4.69, 9.17) is 9.47 Å². The number of likely N-dealkylation sites (tertiary alicyclic amines) is 1. The molecule has 1 aromatic heterocycles. The van der Waals surface area contributed by atoms with E-state index in [1.165, 1.54) is 11.5 Å². The summed E-state index contributed by atoms with van der Waals surface area (Å²) in [6.07, 6.45) is 4.53. The Kier molecular flexibility index (Phi) is 7.15. The van der Waals surface area contributed by atoms with Crippen LogP contribution in [0.1, 0.15) is 36.2 Å². The molecule has 1 aromatic rings. The molecule has 2 fully saturated rings. The van der Waals surface area contributed by atoms with Gasteiger partial charge in [-0.15, -0.1) is 5.10 Å². The van der Waals surface area contributed by atoms with Gasteiger partial charge in [0.15, 0.2) is 5.69 Å². The zero-order chi connectivity index (χ0) is 17.5. The van der Waals surface area contributed by atoms with Gasteiger partial charge in [0.1, 0.15) is 0 Å². The van der Waals surface area contributed by atoms with E-state index in [1.807, 2.05) is 4.90 Å². The molecule has 0 aliphatic carbocycles. The number of hydrogen-bond acceptors (Lipinski definition) is 7. The molecule has 2 aliphatic heterocycles. The molecule has 0 saturated carbocycles. The number of carbonyl (C=O) groups is 1. The first kappa shape index (κ1) is 18.7. The van der Waals surface area contributed by atoms with E-state index in [0.29, 0.717) is 18.2 Å². The highest BCUT2D eigenvalue weighted by Gasteiger charge is 2.28. The van der Waals surface area contributed by atoms with Crippen molar-refractivity contribution in [3.63, 3.8) is 0 Å². The lowest BCUT2D eigenvalue weighted by atomic mass is 9.96. The van der Waals surface area contributed by atoms with Crippen molar-refractivity contribution in [2.24, 2.45) is 5.92 Å². The molecule has 0 N–H and O–H groups in total. The van der Waals surface area contributed by atoms with Gasteiger partial charge in [-0.1, -0.05) is 4.49 Å². The van der Waals surface area contributed by atoms with Gasteiger partial charge < -0.3 is 19.3 Å². The van der Waals surface area contributed by atoms with Crippen LogP contribution in [0.3, 0.4) is 0 Å². The summed E-state index contributed by atoms with van der Waals surface area (Å²) in [7, 11) is 1.74. The monoisotopic (exact) mass is 368 g/mol. The van der Waals surface area contributed by atoms with Gasteiger partial charge in [-0.25, -0.2) is 0 Å². The van der Waals surface area contributed by atoms with Crippen LogP contribution in [0.2, 0.25) is 0 Å². The smallest absolute Gasteiger partial charge is 0.275 e. The molecule has 0 bridgehead atoms. The molecule has 0 spiro atoms. The number of amides is 1. The molecule has 3 rings (SSSR count). The molecule has 7 nitrogen and oxygen atoms in total. The molecule has 3 heterocycles. The predicted octanol–water partition coefficient (Wildman–Crippen LogP) is 1.52. The van der Waals surface area contributed by atoms with Crippen molar-refractivity contribution < 1.29 is 14.3 Å². The van der Waals surface area contributed by atoms with E-state index in [9.17, 15) is 4.79 Å². The third kappa shape index (κ3) is 5.44. The van der Waals surface area contributed by atoms with Crippen LogP contribution in [0.5, 0.6) is 0 Å². The maximum absolute atomic E-state index is 12.8. The molecule has 0 radical (unpaired) electrons. The first-order valence-electron chi connectivity index (χ1n) is 9.15. The van der Waals surface area contributed by atoms with Gasteiger partial charge in [0.05, 0.1) is 12.7 Å². The molecule has 1 unspecified atom stereocenters. The van der Waals surface area contributed by atoms with E-state index in [1.54, 1.807) is 12.5 Å². The summed E-state index contributed by atoms with van der Waals surface area (Å²) in [5.74, 6) is 0.529. The summed E-state index contributed by atoms with van der Waals surface area (Å²) in [4.78, 5) is 17.2. The fraction of sp³-hybridized carbons (Fsp3) is 0.824. The number of piperidine rings is 1. The number of ether oxygens (including phenoxy) is 2. The standard InChI is InChI=1S/C17H28N4O3S/c1-23-10-8-20-6-4-14(5-7-20)11-21(12-15-3-2-9-24-15)17(22)16-13-25-19-18-16/h13-15H,2-12H2,1H3. The number of carbonyl (C=O) groups excluding carboxylic acids is 1. The van der Waals surface area contributed by atoms with Gasteiger partial charge in [0, 0.05) is 38.7 Å². The highest BCUT2D eigenvalue weighted by Crippen LogP contribution is 2.21. The number of aromatic nitrogens is 2.